The molecule has 1 aromatic carbocycles. The lowest BCUT2D eigenvalue weighted by atomic mass is 10.2. The van der Waals surface area contributed by atoms with Gasteiger partial charge < -0.3 is 10.6 Å². The number of hydrogen-bond acceptors (Lipinski definition) is 4. The van der Waals surface area contributed by atoms with Crippen LogP contribution in [0.1, 0.15) is 34.7 Å². The Morgan fingerprint density at radius 1 is 1.23 bits per heavy atom. The lowest BCUT2D eigenvalue weighted by Crippen LogP contribution is -2.16. The van der Waals surface area contributed by atoms with Crippen LogP contribution in [-0.4, -0.2) is 21.9 Å². The van der Waals surface area contributed by atoms with Crippen molar-refractivity contribution in [2.24, 2.45) is 0 Å². The van der Waals surface area contributed by atoms with Crippen molar-refractivity contribution in [3.8, 4) is 0 Å². The molecule has 1 fully saturated rings. The summed E-state index contributed by atoms with van der Waals surface area (Å²) in [5.41, 5.74) is 2.14. The van der Waals surface area contributed by atoms with E-state index in [1.165, 1.54) is 0 Å². The Balaban J connectivity index is 1.80. The quantitative estimate of drug-likeness (QED) is 0.872. The van der Waals surface area contributed by atoms with Gasteiger partial charge in [-0.1, -0.05) is 15.9 Å². The Labute approximate surface area is 137 Å². The van der Waals surface area contributed by atoms with Crippen LogP contribution in [0.15, 0.2) is 28.7 Å². The molecule has 0 unspecified atom stereocenters. The summed E-state index contributed by atoms with van der Waals surface area (Å²) in [6.45, 7) is 3.74. The van der Waals surface area contributed by atoms with Gasteiger partial charge in [0.2, 0.25) is 0 Å². The highest BCUT2D eigenvalue weighted by molar-refractivity contribution is 9.10. The number of aromatic nitrogens is 2. The molecule has 5 nitrogen and oxygen atoms in total. The first-order valence-electron chi connectivity index (χ1n) is 7.21. The fourth-order valence-electron chi connectivity index (χ4n) is 2.15. The SMILES string of the molecule is Cc1nc(NC2CC2)cc(C(=O)Nc2ccc(Br)cc2C)n1. The molecule has 2 aromatic rings. The van der Waals surface area contributed by atoms with Gasteiger partial charge in [0.05, 0.1) is 0 Å². The Morgan fingerprint density at radius 3 is 2.68 bits per heavy atom. The monoisotopic (exact) mass is 360 g/mol. The molecule has 6 heteroatoms. The van der Waals surface area contributed by atoms with E-state index in [2.05, 4.69) is 36.5 Å². The number of halogens is 1. The van der Waals surface area contributed by atoms with Crippen molar-refractivity contribution < 1.29 is 4.79 Å². The number of rotatable bonds is 4. The van der Waals surface area contributed by atoms with Crippen molar-refractivity contribution in [2.75, 3.05) is 10.6 Å². The van der Waals surface area contributed by atoms with E-state index in [-0.39, 0.29) is 5.91 Å². The van der Waals surface area contributed by atoms with Crippen LogP contribution in [-0.2, 0) is 0 Å². The van der Waals surface area contributed by atoms with Crippen LogP contribution >= 0.6 is 15.9 Å². The third-order valence-corrected chi connectivity index (χ3v) is 3.93. The van der Waals surface area contributed by atoms with Crippen molar-refractivity contribution in [2.45, 2.75) is 32.7 Å². The van der Waals surface area contributed by atoms with Crippen LogP contribution < -0.4 is 10.6 Å². The molecule has 1 aliphatic carbocycles. The van der Waals surface area contributed by atoms with Gasteiger partial charge in [-0.25, -0.2) is 9.97 Å². The molecule has 1 aliphatic rings. The van der Waals surface area contributed by atoms with E-state index in [1.807, 2.05) is 25.1 Å². The number of aryl methyl sites for hydroxylation is 2. The first kappa shape index (κ1) is 15.0. The summed E-state index contributed by atoms with van der Waals surface area (Å²) < 4.78 is 0.983. The van der Waals surface area contributed by atoms with Gasteiger partial charge in [0, 0.05) is 22.3 Å². The Hall–Kier alpha value is -1.95. The highest BCUT2D eigenvalue weighted by atomic mass is 79.9. The standard InChI is InChI=1S/C16H17BrN4O/c1-9-7-11(17)3-6-13(9)21-16(22)14-8-15(19-10(2)18-14)20-12-4-5-12/h3,6-8,12H,4-5H2,1-2H3,(H,21,22)(H,18,19,20). The maximum Gasteiger partial charge on any atom is 0.274 e. The molecule has 2 N–H and O–H groups in total. The van der Waals surface area contributed by atoms with E-state index < -0.39 is 0 Å². The number of benzene rings is 1. The zero-order chi connectivity index (χ0) is 15.7. The first-order chi connectivity index (χ1) is 10.5. The van der Waals surface area contributed by atoms with E-state index >= 15 is 0 Å². The minimum Gasteiger partial charge on any atom is -0.367 e. The zero-order valence-electron chi connectivity index (χ0n) is 12.5. The van der Waals surface area contributed by atoms with Gasteiger partial charge in [0.25, 0.3) is 5.91 Å². The largest absolute Gasteiger partial charge is 0.367 e. The van der Waals surface area contributed by atoms with E-state index in [0.29, 0.717) is 23.4 Å². The molecule has 0 atom stereocenters. The molecule has 0 radical (unpaired) electrons. The molecule has 1 saturated carbocycles. The van der Waals surface area contributed by atoms with E-state index in [4.69, 9.17) is 0 Å². The molecule has 3 rings (SSSR count). The topological polar surface area (TPSA) is 66.9 Å². The van der Waals surface area contributed by atoms with E-state index in [1.54, 1.807) is 13.0 Å². The van der Waals surface area contributed by atoms with Gasteiger partial charge in [-0.05, 0) is 50.5 Å². The second-order valence-electron chi connectivity index (χ2n) is 5.52. The molecule has 1 aromatic heterocycles. The third-order valence-electron chi connectivity index (χ3n) is 3.44. The van der Waals surface area contributed by atoms with Crippen molar-refractivity contribution in [3.63, 3.8) is 0 Å². The highest BCUT2D eigenvalue weighted by Gasteiger charge is 2.22. The first-order valence-corrected chi connectivity index (χ1v) is 8.00. The Bertz CT molecular complexity index is 728. The zero-order valence-corrected chi connectivity index (χ0v) is 14.1. The van der Waals surface area contributed by atoms with Crippen molar-refractivity contribution in [1.29, 1.82) is 0 Å². The predicted octanol–water partition coefficient (Wildman–Crippen LogP) is 3.68. The summed E-state index contributed by atoms with van der Waals surface area (Å²) in [6, 6.07) is 7.91. The fraction of sp³-hybridized carbons (Fsp3) is 0.312. The number of hydrogen-bond donors (Lipinski definition) is 2. The molecule has 1 amide bonds. The van der Waals surface area contributed by atoms with E-state index in [0.717, 1.165) is 28.6 Å². The Kier molecular flexibility index (Phi) is 4.11. The number of carbonyl (C=O) groups is 1. The summed E-state index contributed by atoms with van der Waals surface area (Å²) in [5.74, 6) is 1.07. The average molecular weight is 361 g/mol. The van der Waals surface area contributed by atoms with Gasteiger partial charge in [-0.15, -0.1) is 0 Å². The second-order valence-corrected chi connectivity index (χ2v) is 6.43. The van der Waals surface area contributed by atoms with Crippen molar-refractivity contribution in [3.05, 3.63) is 45.8 Å². The number of nitrogens with zero attached hydrogens (tertiary/aromatic N) is 2. The van der Waals surface area contributed by atoms with Crippen LogP contribution in [0.25, 0.3) is 0 Å². The second kappa shape index (κ2) is 6.04. The van der Waals surface area contributed by atoms with Gasteiger partial charge in [-0.3, -0.25) is 4.79 Å². The highest BCUT2D eigenvalue weighted by Crippen LogP contribution is 2.24. The normalized spacial score (nSPS) is 13.8. The molecule has 0 spiro atoms. The lowest BCUT2D eigenvalue weighted by Gasteiger charge is -2.10. The molecule has 0 aliphatic heterocycles. The van der Waals surface area contributed by atoms with Gasteiger partial charge in [0.1, 0.15) is 17.3 Å². The van der Waals surface area contributed by atoms with Crippen LogP contribution in [0.2, 0.25) is 0 Å². The number of carbonyl (C=O) groups excluding carboxylic acids is 1. The smallest absolute Gasteiger partial charge is 0.274 e. The van der Waals surface area contributed by atoms with Crippen molar-refractivity contribution in [1.82, 2.24) is 9.97 Å². The van der Waals surface area contributed by atoms with Gasteiger partial charge in [-0.2, -0.15) is 0 Å². The summed E-state index contributed by atoms with van der Waals surface area (Å²) in [5, 5.41) is 6.20. The Morgan fingerprint density at radius 2 is 2.00 bits per heavy atom. The number of anilines is 2. The molecular formula is C16H17BrN4O. The minimum absolute atomic E-state index is 0.227. The fourth-order valence-corrected chi connectivity index (χ4v) is 2.62. The van der Waals surface area contributed by atoms with Crippen molar-refractivity contribution >= 4 is 33.3 Å². The van der Waals surface area contributed by atoms with Gasteiger partial charge >= 0.3 is 0 Å². The molecule has 0 bridgehead atoms. The minimum atomic E-state index is -0.227. The summed E-state index contributed by atoms with van der Waals surface area (Å²) in [7, 11) is 0. The molecule has 0 saturated heterocycles. The molecular weight excluding hydrogens is 344 g/mol. The van der Waals surface area contributed by atoms with E-state index in [9.17, 15) is 4.79 Å². The maximum atomic E-state index is 12.4. The summed E-state index contributed by atoms with van der Waals surface area (Å²) >= 11 is 3.41. The predicted molar refractivity (Wildman–Crippen MR) is 90.2 cm³/mol. The van der Waals surface area contributed by atoms with Crippen LogP contribution in [0, 0.1) is 13.8 Å². The van der Waals surface area contributed by atoms with Crippen LogP contribution in [0.5, 0.6) is 0 Å². The molecule has 22 heavy (non-hydrogen) atoms. The van der Waals surface area contributed by atoms with Crippen LogP contribution in [0.4, 0.5) is 11.5 Å². The van der Waals surface area contributed by atoms with Gasteiger partial charge in [0.15, 0.2) is 0 Å². The maximum absolute atomic E-state index is 12.4. The molecule has 1 heterocycles. The number of nitrogens with one attached hydrogen (secondary N) is 2. The van der Waals surface area contributed by atoms with Crippen LogP contribution in [0.3, 0.4) is 0 Å². The molecule has 114 valence electrons. The number of amides is 1. The lowest BCUT2D eigenvalue weighted by molar-refractivity contribution is 0.102. The summed E-state index contributed by atoms with van der Waals surface area (Å²) in [4.78, 5) is 21.0. The average Bonchev–Trinajstić information content (AvgIpc) is 3.25. The summed E-state index contributed by atoms with van der Waals surface area (Å²) in [6.07, 6.45) is 2.31. The third kappa shape index (κ3) is 3.62.